The number of nitrogens with zero attached hydrogens (tertiary/aromatic N) is 1. The topological polar surface area (TPSA) is 105 Å². The van der Waals surface area contributed by atoms with Gasteiger partial charge in [-0.1, -0.05) is 48.5 Å². The molecular weight excluding hydrogens is 436 g/mol. The number of fused-ring (bicyclic) bond motifs is 3. The first kappa shape index (κ1) is 23.8. The number of amides is 2. The van der Waals surface area contributed by atoms with Crippen LogP contribution in [0.25, 0.3) is 11.1 Å². The second-order valence-corrected chi connectivity index (χ2v) is 9.47. The highest BCUT2D eigenvalue weighted by molar-refractivity contribution is 5.88. The van der Waals surface area contributed by atoms with Crippen molar-refractivity contribution in [2.45, 2.75) is 38.3 Å². The molecule has 0 bridgehead atoms. The monoisotopic (exact) mass is 466 g/mol. The third kappa shape index (κ3) is 4.50. The Labute approximate surface area is 198 Å². The lowest BCUT2D eigenvalue weighted by molar-refractivity contribution is -0.152. The molecule has 2 aromatic carbocycles. The van der Waals surface area contributed by atoms with Crippen LogP contribution in [0.4, 0.5) is 4.79 Å². The maximum atomic E-state index is 13.1. The first-order valence-electron chi connectivity index (χ1n) is 11.4. The minimum atomic E-state index is -1.06. The van der Waals surface area contributed by atoms with Crippen molar-refractivity contribution in [3.05, 3.63) is 59.7 Å². The van der Waals surface area contributed by atoms with E-state index in [-0.39, 0.29) is 44.0 Å². The van der Waals surface area contributed by atoms with Gasteiger partial charge in [0.15, 0.2) is 0 Å². The van der Waals surface area contributed by atoms with Crippen molar-refractivity contribution in [1.29, 1.82) is 0 Å². The lowest BCUT2D eigenvalue weighted by Gasteiger charge is -2.31. The highest BCUT2D eigenvalue weighted by Crippen LogP contribution is 2.44. The number of carbonyl (C=O) groups excluding carboxylic acids is 2. The standard InChI is InChI=1S/C26H30N2O6/c1-26(2,24(31)28-13-16(33-3)12-22(28)23(29)30)15-27-25(32)34-14-21-19-10-6-4-8-17(19)18-9-5-7-11-20(18)21/h4-11,16,21-22H,12-15H2,1-3H3,(H,27,32)(H,29,30). The SMILES string of the molecule is COC1CC(C(=O)O)N(C(=O)C(C)(C)CNC(=O)OCC2c3ccccc3-c3ccccc32)C1. The Balaban J connectivity index is 1.36. The molecule has 2 unspecified atom stereocenters. The lowest BCUT2D eigenvalue weighted by Crippen LogP contribution is -2.50. The first-order chi connectivity index (χ1) is 16.2. The summed E-state index contributed by atoms with van der Waals surface area (Å²) in [5, 5.41) is 12.2. The van der Waals surface area contributed by atoms with Gasteiger partial charge in [0, 0.05) is 32.5 Å². The summed E-state index contributed by atoms with van der Waals surface area (Å²) in [4.78, 5) is 38.6. The number of carboxylic acid groups (broad SMARTS) is 1. The molecule has 8 heteroatoms. The van der Waals surface area contributed by atoms with Gasteiger partial charge in [0.25, 0.3) is 0 Å². The molecule has 180 valence electrons. The Bertz CT molecular complexity index is 1050. The molecule has 0 saturated carbocycles. The summed E-state index contributed by atoms with van der Waals surface area (Å²) in [7, 11) is 1.50. The zero-order valence-corrected chi connectivity index (χ0v) is 19.6. The minimum absolute atomic E-state index is 0.0169. The molecule has 1 heterocycles. The van der Waals surface area contributed by atoms with Crippen LogP contribution in [0.2, 0.25) is 0 Å². The van der Waals surface area contributed by atoms with Crippen molar-refractivity contribution in [2.75, 3.05) is 26.8 Å². The summed E-state index contributed by atoms with van der Waals surface area (Å²) in [5.41, 5.74) is 3.52. The Morgan fingerprint density at radius 3 is 2.21 bits per heavy atom. The van der Waals surface area contributed by atoms with Crippen LogP contribution in [0.15, 0.2) is 48.5 Å². The van der Waals surface area contributed by atoms with E-state index in [1.807, 2.05) is 36.4 Å². The Morgan fingerprint density at radius 2 is 1.65 bits per heavy atom. The second-order valence-electron chi connectivity index (χ2n) is 9.47. The molecule has 2 aliphatic rings. The highest BCUT2D eigenvalue weighted by Gasteiger charge is 2.44. The van der Waals surface area contributed by atoms with Crippen molar-refractivity contribution in [1.82, 2.24) is 10.2 Å². The number of benzene rings is 2. The van der Waals surface area contributed by atoms with E-state index in [1.165, 1.54) is 12.0 Å². The molecule has 2 atom stereocenters. The van der Waals surface area contributed by atoms with Gasteiger partial charge in [-0.25, -0.2) is 9.59 Å². The van der Waals surface area contributed by atoms with E-state index < -0.39 is 23.5 Å². The molecule has 4 rings (SSSR count). The van der Waals surface area contributed by atoms with Gasteiger partial charge in [-0.05, 0) is 36.1 Å². The molecule has 1 saturated heterocycles. The summed E-state index contributed by atoms with van der Waals surface area (Å²) < 4.78 is 10.8. The van der Waals surface area contributed by atoms with Crippen molar-refractivity contribution in [2.24, 2.45) is 5.41 Å². The van der Waals surface area contributed by atoms with Crippen molar-refractivity contribution >= 4 is 18.0 Å². The molecule has 1 aliphatic carbocycles. The summed E-state index contributed by atoms with van der Waals surface area (Å²) in [6.07, 6.45) is -0.697. The number of ether oxygens (including phenoxy) is 2. The normalized spacial score (nSPS) is 19.4. The fourth-order valence-electron chi connectivity index (χ4n) is 4.83. The number of methoxy groups -OCH3 is 1. The predicted molar refractivity (Wildman–Crippen MR) is 125 cm³/mol. The van der Waals surface area contributed by atoms with Crippen LogP contribution >= 0.6 is 0 Å². The van der Waals surface area contributed by atoms with Gasteiger partial charge in [0.1, 0.15) is 12.6 Å². The number of carboxylic acids is 1. The number of likely N-dealkylation sites (tertiary alicyclic amines) is 1. The zero-order chi connectivity index (χ0) is 24.5. The predicted octanol–water partition coefficient (Wildman–Crippen LogP) is 3.25. The van der Waals surface area contributed by atoms with Gasteiger partial charge in [-0.2, -0.15) is 0 Å². The number of nitrogens with one attached hydrogen (secondary N) is 1. The van der Waals surface area contributed by atoms with E-state index in [4.69, 9.17) is 9.47 Å². The molecule has 0 aromatic heterocycles. The fraction of sp³-hybridized carbons (Fsp3) is 0.423. The van der Waals surface area contributed by atoms with Gasteiger partial charge in [-0.15, -0.1) is 0 Å². The molecule has 2 N–H and O–H groups in total. The fourth-order valence-corrected chi connectivity index (χ4v) is 4.83. The highest BCUT2D eigenvalue weighted by atomic mass is 16.5. The van der Waals surface area contributed by atoms with Gasteiger partial charge in [-0.3, -0.25) is 4.79 Å². The van der Waals surface area contributed by atoms with Crippen LogP contribution in [-0.4, -0.2) is 66.9 Å². The molecule has 2 amide bonds. The largest absolute Gasteiger partial charge is 0.480 e. The molecule has 1 fully saturated rings. The third-order valence-corrected chi connectivity index (χ3v) is 6.74. The Kier molecular flexibility index (Phi) is 6.61. The number of hydrogen-bond donors (Lipinski definition) is 2. The van der Waals surface area contributed by atoms with Crippen molar-refractivity contribution in [3.63, 3.8) is 0 Å². The molecule has 0 spiro atoms. The molecule has 8 nitrogen and oxygen atoms in total. The molecule has 2 aromatic rings. The van der Waals surface area contributed by atoms with E-state index >= 15 is 0 Å². The summed E-state index contributed by atoms with van der Waals surface area (Å²) >= 11 is 0. The van der Waals surface area contributed by atoms with Crippen LogP contribution < -0.4 is 5.32 Å². The van der Waals surface area contributed by atoms with Gasteiger partial charge in [0.05, 0.1) is 11.5 Å². The van der Waals surface area contributed by atoms with E-state index in [0.717, 1.165) is 22.3 Å². The average molecular weight is 467 g/mol. The van der Waals surface area contributed by atoms with E-state index in [9.17, 15) is 19.5 Å². The summed E-state index contributed by atoms with van der Waals surface area (Å²) in [6, 6.07) is 15.2. The van der Waals surface area contributed by atoms with E-state index in [1.54, 1.807) is 13.8 Å². The summed E-state index contributed by atoms with van der Waals surface area (Å²) in [6.45, 7) is 3.76. The Hall–Kier alpha value is -3.39. The number of carbonyl (C=O) groups is 3. The van der Waals surface area contributed by atoms with E-state index in [0.29, 0.717) is 0 Å². The molecule has 34 heavy (non-hydrogen) atoms. The number of alkyl carbamates (subject to hydrolysis) is 1. The maximum absolute atomic E-state index is 13.1. The third-order valence-electron chi connectivity index (χ3n) is 6.74. The summed E-state index contributed by atoms with van der Waals surface area (Å²) in [5.74, 6) is -1.47. The van der Waals surface area contributed by atoms with Gasteiger partial charge >= 0.3 is 12.1 Å². The van der Waals surface area contributed by atoms with Gasteiger partial charge < -0.3 is 24.8 Å². The first-order valence-corrected chi connectivity index (χ1v) is 11.4. The van der Waals surface area contributed by atoms with Crippen LogP contribution in [-0.2, 0) is 19.1 Å². The number of hydrogen-bond acceptors (Lipinski definition) is 5. The zero-order valence-electron chi connectivity index (χ0n) is 19.6. The lowest BCUT2D eigenvalue weighted by atomic mass is 9.91. The van der Waals surface area contributed by atoms with Crippen molar-refractivity contribution in [3.8, 4) is 11.1 Å². The van der Waals surface area contributed by atoms with Crippen LogP contribution in [0.3, 0.4) is 0 Å². The molecule has 0 radical (unpaired) electrons. The maximum Gasteiger partial charge on any atom is 0.407 e. The quantitative estimate of drug-likeness (QED) is 0.649. The van der Waals surface area contributed by atoms with Crippen molar-refractivity contribution < 1.29 is 29.0 Å². The smallest absolute Gasteiger partial charge is 0.407 e. The number of aliphatic carboxylic acids is 1. The van der Waals surface area contributed by atoms with Gasteiger partial charge in [0.2, 0.25) is 5.91 Å². The Morgan fingerprint density at radius 1 is 1.06 bits per heavy atom. The average Bonchev–Trinajstić information content (AvgIpc) is 3.41. The van der Waals surface area contributed by atoms with Crippen LogP contribution in [0, 0.1) is 5.41 Å². The van der Waals surface area contributed by atoms with Crippen LogP contribution in [0.5, 0.6) is 0 Å². The number of rotatable bonds is 7. The van der Waals surface area contributed by atoms with Crippen LogP contribution in [0.1, 0.15) is 37.3 Å². The second kappa shape index (κ2) is 9.46. The minimum Gasteiger partial charge on any atom is -0.480 e. The van der Waals surface area contributed by atoms with E-state index in [2.05, 4.69) is 17.4 Å². The molecular formula is C26H30N2O6. The molecule has 1 aliphatic heterocycles.